The number of benzene rings is 1. The lowest BCUT2D eigenvalue weighted by Crippen LogP contribution is -2.37. The van der Waals surface area contributed by atoms with Gasteiger partial charge in [-0.15, -0.1) is 11.3 Å². The molecule has 0 unspecified atom stereocenters. The first kappa shape index (κ1) is 18.9. The summed E-state index contributed by atoms with van der Waals surface area (Å²) in [5.41, 5.74) is 2.05. The Balaban J connectivity index is 1.72. The molecule has 0 spiro atoms. The number of thiazole rings is 1. The zero-order valence-electron chi connectivity index (χ0n) is 15.7. The summed E-state index contributed by atoms with van der Waals surface area (Å²) in [6.45, 7) is 5.97. The first-order valence-electron chi connectivity index (χ1n) is 9.00. The molecule has 26 heavy (non-hydrogen) atoms. The van der Waals surface area contributed by atoms with Crippen LogP contribution in [0.3, 0.4) is 0 Å². The zero-order valence-corrected chi connectivity index (χ0v) is 16.5. The Kier molecular flexibility index (Phi) is 6.27. The minimum absolute atomic E-state index is 0.128. The Morgan fingerprint density at radius 1 is 1.35 bits per heavy atom. The van der Waals surface area contributed by atoms with E-state index in [2.05, 4.69) is 4.98 Å². The highest BCUT2D eigenvalue weighted by Crippen LogP contribution is 2.21. The number of amides is 1. The molecular weight excluding hydrogens is 348 g/mol. The highest BCUT2D eigenvalue weighted by Gasteiger charge is 2.24. The summed E-state index contributed by atoms with van der Waals surface area (Å²) < 4.78 is 11.0. The summed E-state index contributed by atoms with van der Waals surface area (Å²) in [5.74, 6) is 0.949. The van der Waals surface area contributed by atoms with E-state index in [4.69, 9.17) is 9.47 Å². The fraction of sp³-hybridized carbons (Fsp3) is 0.500. The Hall–Kier alpha value is -1.92. The van der Waals surface area contributed by atoms with Crippen LogP contribution in [0.1, 0.15) is 34.0 Å². The number of ether oxygens (including phenoxy) is 2. The van der Waals surface area contributed by atoms with Gasteiger partial charge < -0.3 is 14.4 Å². The Morgan fingerprint density at radius 3 is 2.69 bits per heavy atom. The molecular formula is C20H26N2O3S. The van der Waals surface area contributed by atoms with Crippen LogP contribution >= 0.6 is 11.3 Å². The van der Waals surface area contributed by atoms with Crippen molar-refractivity contribution in [2.45, 2.75) is 45.8 Å². The molecule has 0 radical (unpaired) electrons. The average molecular weight is 375 g/mol. The lowest BCUT2D eigenvalue weighted by atomic mass is 10.1. The molecule has 2 heterocycles. The number of carbonyl (C=O) groups excluding carboxylic acids is 1. The van der Waals surface area contributed by atoms with Gasteiger partial charge in [0.15, 0.2) is 0 Å². The number of hydrogen-bond acceptors (Lipinski definition) is 5. The molecule has 1 amide bonds. The molecule has 1 aliphatic heterocycles. The van der Waals surface area contributed by atoms with Crippen molar-refractivity contribution in [1.82, 2.24) is 9.88 Å². The van der Waals surface area contributed by atoms with E-state index < -0.39 is 0 Å². The molecule has 0 bridgehead atoms. The molecule has 0 N–H and O–H groups in total. The molecule has 6 heteroatoms. The second-order valence-corrected chi connectivity index (χ2v) is 7.96. The van der Waals surface area contributed by atoms with Crippen molar-refractivity contribution < 1.29 is 14.3 Å². The Bertz CT molecular complexity index is 736. The van der Waals surface area contributed by atoms with Gasteiger partial charge in [0.25, 0.3) is 0 Å². The standard InChI is InChI=1S/C20H26N2O3S/c1-14-19(26-15(2)21-14)11-20(23)22(13-18-5-4-10-25-18)12-16-6-8-17(24-3)9-7-16/h6-9,18H,4-5,10-13H2,1-3H3/t18-/m0/s1. The van der Waals surface area contributed by atoms with Crippen LogP contribution in [0.25, 0.3) is 0 Å². The minimum atomic E-state index is 0.128. The van der Waals surface area contributed by atoms with E-state index in [0.29, 0.717) is 19.5 Å². The summed E-state index contributed by atoms with van der Waals surface area (Å²) in [7, 11) is 1.65. The van der Waals surface area contributed by atoms with E-state index >= 15 is 0 Å². The van der Waals surface area contributed by atoms with Crippen molar-refractivity contribution in [2.75, 3.05) is 20.3 Å². The van der Waals surface area contributed by atoms with Crippen molar-refractivity contribution in [3.63, 3.8) is 0 Å². The molecule has 2 aromatic rings. The number of nitrogens with zero attached hydrogens (tertiary/aromatic N) is 2. The Morgan fingerprint density at radius 2 is 2.12 bits per heavy atom. The largest absolute Gasteiger partial charge is 0.497 e. The number of carbonyl (C=O) groups is 1. The predicted molar refractivity (Wildman–Crippen MR) is 103 cm³/mol. The van der Waals surface area contributed by atoms with Crippen LogP contribution in [0.15, 0.2) is 24.3 Å². The predicted octanol–water partition coefficient (Wildman–Crippen LogP) is 3.52. The van der Waals surface area contributed by atoms with E-state index in [9.17, 15) is 4.79 Å². The molecule has 5 nitrogen and oxygen atoms in total. The molecule has 1 fully saturated rings. The maximum absolute atomic E-state index is 13.0. The van der Waals surface area contributed by atoms with Crippen LogP contribution in [-0.2, 0) is 22.5 Å². The van der Waals surface area contributed by atoms with Gasteiger partial charge in [0.2, 0.25) is 5.91 Å². The van der Waals surface area contributed by atoms with Crippen LogP contribution in [0, 0.1) is 13.8 Å². The van der Waals surface area contributed by atoms with E-state index in [1.165, 1.54) is 0 Å². The topological polar surface area (TPSA) is 51.7 Å². The molecule has 3 rings (SSSR count). The summed E-state index contributed by atoms with van der Waals surface area (Å²) in [6, 6.07) is 7.88. The van der Waals surface area contributed by atoms with Crippen LogP contribution in [0.5, 0.6) is 5.75 Å². The van der Waals surface area contributed by atoms with Crippen molar-refractivity contribution in [3.05, 3.63) is 45.4 Å². The number of aromatic nitrogens is 1. The van der Waals surface area contributed by atoms with Gasteiger partial charge in [0.05, 0.1) is 30.3 Å². The molecule has 1 aromatic heterocycles. The second kappa shape index (κ2) is 8.64. The van der Waals surface area contributed by atoms with E-state index in [-0.39, 0.29) is 12.0 Å². The third-order valence-electron chi connectivity index (χ3n) is 4.64. The van der Waals surface area contributed by atoms with Crippen molar-refractivity contribution in [1.29, 1.82) is 0 Å². The molecule has 1 saturated heterocycles. The number of rotatable bonds is 7. The quantitative estimate of drug-likeness (QED) is 0.744. The molecule has 0 saturated carbocycles. The summed E-state index contributed by atoms with van der Waals surface area (Å²) in [6.07, 6.45) is 2.63. The highest BCUT2D eigenvalue weighted by molar-refractivity contribution is 7.11. The fourth-order valence-electron chi connectivity index (χ4n) is 3.23. The van der Waals surface area contributed by atoms with Crippen LogP contribution in [0.2, 0.25) is 0 Å². The first-order chi connectivity index (χ1) is 12.5. The van der Waals surface area contributed by atoms with Crippen LogP contribution in [-0.4, -0.2) is 42.2 Å². The monoisotopic (exact) mass is 374 g/mol. The van der Waals surface area contributed by atoms with Crippen LogP contribution in [0.4, 0.5) is 0 Å². The smallest absolute Gasteiger partial charge is 0.228 e. The van der Waals surface area contributed by atoms with E-state index in [0.717, 1.165) is 46.3 Å². The van der Waals surface area contributed by atoms with E-state index in [1.807, 2.05) is 43.0 Å². The molecule has 1 aliphatic rings. The lowest BCUT2D eigenvalue weighted by molar-refractivity contribution is -0.132. The zero-order chi connectivity index (χ0) is 18.5. The number of hydrogen-bond donors (Lipinski definition) is 0. The van der Waals surface area contributed by atoms with Gasteiger partial charge >= 0.3 is 0 Å². The number of methoxy groups -OCH3 is 1. The maximum atomic E-state index is 13.0. The molecule has 140 valence electrons. The van der Waals surface area contributed by atoms with Crippen LogP contribution < -0.4 is 4.74 Å². The van der Waals surface area contributed by atoms with Gasteiger partial charge in [0.1, 0.15) is 5.75 Å². The second-order valence-electron chi connectivity index (χ2n) is 6.68. The van der Waals surface area contributed by atoms with Crippen molar-refractivity contribution >= 4 is 17.2 Å². The van der Waals surface area contributed by atoms with Gasteiger partial charge in [-0.25, -0.2) is 4.98 Å². The third kappa shape index (κ3) is 4.83. The summed E-state index contributed by atoms with van der Waals surface area (Å²) in [4.78, 5) is 20.4. The van der Waals surface area contributed by atoms with Gasteiger partial charge in [-0.2, -0.15) is 0 Å². The average Bonchev–Trinajstić information content (AvgIpc) is 3.24. The Labute approximate surface area is 159 Å². The van der Waals surface area contributed by atoms with Gasteiger partial charge in [0, 0.05) is 24.6 Å². The normalized spacial score (nSPS) is 16.7. The highest BCUT2D eigenvalue weighted by atomic mass is 32.1. The molecule has 0 aliphatic carbocycles. The van der Waals surface area contributed by atoms with E-state index in [1.54, 1.807) is 18.4 Å². The first-order valence-corrected chi connectivity index (χ1v) is 9.82. The summed E-state index contributed by atoms with van der Waals surface area (Å²) >= 11 is 1.61. The third-order valence-corrected chi connectivity index (χ3v) is 5.72. The molecule has 1 aromatic carbocycles. The summed E-state index contributed by atoms with van der Waals surface area (Å²) in [5, 5.41) is 1.01. The SMILES string of the molecule is COc1ccc(CN(C[C@@H]2CCCO2)C(=O)Cc2sc(C)nc2C)cc1. The van der Waals surface area contributed by atoms with Crippen molar-refractivity contribution in [2.24, 2.45) is 0 Å². The minimum Gasteiger partial charge on any atom is -0.497 e. The van der Waals surface area contributed by atoms with Gasteiger partial charge in [-0.3, -0.25) is 4.79 Å². The maximum Gasteiger partial charge on any atom is 0.228 e. The number of aryl methyl sites for hydroxylation is 2. The van der Waals surface area contributed by atoms with Crippen molar-refractivity contribution in [3.8, 4) is 5.75 Å². The van der Waals surface area contributed by atoms with Gasteiger partial charge in [-0.1, -0.05) is 12.1 Å². The fourth-order valence-corrected chi connectivity index (χ4v) is 4.15. The van der Waals surface area contributed by atoms with Gasteiger partial charge in [-0.05, 0) is 44.4 Å². The lowest BCUT2D eigenvalue weighted by Gasteiger charge is -2.25. The molecule has 1 atom stereocenters.